The first-order valence-corrected chi connectivity index (χ1v) is 8.62. The third-order valence-corrected chi connectivity index (χ3v) is 3.78. The van der Waals surface area contributed by atoms with Crippen LogP contribution in [0.5, 0.6) is 0 Å². The second kappa shape index (κ2) is 9.96. The maximum absolute atomic E-state index is 10.5. The molecule has 0 atom stereocenters. The van der Waals surface area contributed by atoms with Crippen LogP contribution in [0.15, 0.2) is 63.6 Å². The predicted octanol–water partition coefficient (Wildman–Crippen LogP) is 1.46. The standard InChI is InChI=1S/C8H9N5O3.C7H8O3S/c9-8(12-14)11-10-5-6-1-3-7(4-2-6)13(15)16;1-6-2-4-7(5-3-6)11(8,9)10/h1-5,14H,(H3,9,11,12);2-5H,1H3,(H,8,9,10). The van der Waals surface area contributed by atoms with Gasteiger partial charge in [0.1, 0.15) is 0 Å². The zero-order valence-corrected chi connectivity index (χ0v) is 14.9. The molecular weight excluding hydrogens is 378 g/mol. The number of rotatable bonds is 4. The van der Waals surface area contributed by atoms with Gasteiger partial charge in [0, 0.05) is 12.1 Å². The van der Waals surface area contributed by atoms with Gasteiger partial charge in [-0.05, 0) is 36.8 Å². The van der Waals surface area contributed by atoms with Crippen LogP contribution in [-0.4, -0.2) is 35.3 Å². The Labute approximate surface area is 154 Å². The molecule has 144 valence electrons. The summed E-state index contributed by atoms with van der Waals surface area (Å²) in [6, 6.07) is 11.7. The van der Waals surface area contributed by atoms with Crippen LogP contribution < -0.4 is 11.2 Å². The maximum atomic E-state index is 10.5. The molecule has 0 aliphatic carbocycles. The lowest BCUT2D eigenvalue weighted by Crippen LogP contribution is -2.27. The fourth-order valence-corrected chi connectivity index (χ4v) is 2.05. The molecule has 0 spiro atoms. The second-order valence-electron chi connectivity index (χ2n) is 4.98. The third kappa shape index (κ3) is 8.04. The Morgan fingerprint density at radius 1 is 1.19 bits per heavy atom. The van der Waals surface area contributed by atoms with Gasteiger partial charge in [0.25, 0.3) is 15.8 Å². The SMILES string of the molecule is Cc1ccc(S(=O)(=O)O)cc1.NC(=NN=Cc1ccc([N+](=O)[O-])cc1)NO. The molecule has 12 heteroatoms. The Bertz CT molecular complexity index is 924. The van der Waals surface area contributed by atoms with Crippen LogP contribution in [0.4, 0.5) is 5.69 Å². The molecule has 11 nitrogen and oxygen atoms in total. The normalized spacial score (nSPS) is 11.6. The van der Waals surface area contributed by atoms with Crippen LogP contribution in [-0.2, 0) is 10.1 Å². The van der Waals surface area contributed by atoms with E-state index in [1.165, 1.54) is 42.6 Å². The fourth-order valence-electron chi connectivity index (χ4n) is 1.57. The number of aryl methyl sites for hydroxylation is 1. The average molecular weight is 395 g/mol. The Balaban J connectivity index is 0.000000289. The monoisotopic (exact) mass is 395 g/mol. The van der Waals surface area contributed by atoms with Crippen LogP contribution in [0.1, 0.15) is 11.1 Å². The van der Waals surface area contributed by atoms with Crippen molar-refractivity contribution >= 4 is 28.0 Å². The average Bonchev–Trinajstić information content (AvgIpc) is 2.62. The van der Waals surface area contributed by atoms with Gasteiger partial charge in [-0.1, -0.05) is 17.7 Å². The van der Waals surface area contributed by atoms with Crippen molar-refractivity contribution in [3.05, 3.63) is 69.8 Å². The summed E-state index contributed by atoms with van der Waals surface area (Å²) < 4.78 is 29.6. The maximum Gasteiger partial charge on any atom is 0.294 e. The molecule has 0 aliphatic heterocycles. The Hall–Kier alpha value is -3.35. The van der Waals surface area contributed by atoms with Gasteiger partial charge in [0.05, 0.1) is 16.0 Å². The van der Waals surface area contributed by atoms with E-state index in [0.717, 1.165) is 5.56 Å². The van der Waals surface area contributed by atoms with Crippen LogP contribution in [0.2, 0.25) is 0 Å². The van der Waals surface area contributed by atoms with Gasteiger partial charge >= 0.3 is 0 Å². The number of nitrogens with two attached hydrogens (primary N) is 1. The second-order valence-corrected chi connectivity index (χ2v) is 6.40. The molecule has 2 aromatic rings. The first-order chi connectivity index (χ1) is 12.6. The molecule has 0 aliphatic rings. The van der Waals surface area contributed by atoms with E-state index in [1.807, 2.05) is 6.92 Å². The highest BCUT2D eigenvalue weighted by molar-refractivity contribution is 7.85. The van der Waals surface area contributed by atoms with Crippen molar-refractivity contribution in [2.45, 2.75) is 11.8 Å². The molecule has 0 heterocycles. The molecule has 0 unspecified atom stereocenters. The summed E-state index contributed by atoms with van der Waals surface area (Å²) in [7, 11) is -4.02. The lowest BCUT2D eigenvalue weighted by atomic mass is 10.2. The molecule has 0 saturated heterocycles. The van der Waals surface area contributed by atoms with Gasteiger partial charge in [-0.15, -0.1) is 5.10 Å². The zero-order valence-electron chi connectivity index (χ0n) is 14.1. The molecule has 0 aromatic heterocycles. The quantitative estimate of drug-likeness (QED) is 0.197. The molecular formula is C15H17N5O6S. The number of nitrogens with zero attached hydrogens (tertiary/aromatic N) is 3. The Kier molecular flexibility index (Phi) is 8.00. The molecule has 0 saturated carbocycles. The number of non-ortho nitro benzene ring substituents is 1. The molecule has 2 rings (SSSR count). The van der Waals surface area contributed by atoms with Crippen LogP contribution in [0, 0.1) is 17.0 Å². The number of nitro groups is 1. The van der Waals surface area contributed by atoms with E-state index in [0.29, 0.717) is 5.56 Å². The van der Waals surface area contributed by atoms with Crippen LogP contribution >= 0.6 is 0 Å². The lowest BCUT2D eigenvalue weighted by molar-refractivity contribution is -0.384. The van der Waals surface area contributed by atoms with Gasteiger partial charge in [0.15, 0.2) is 0 Å². The lowest BCUT2D eigenvalue weighted by Gasteiger charge is -1.95. The number of benzene rings is 2. The fraction of sp³-hybridized carbons (Fsp3) is 0.0667. The number of hydrogen-bond donors (Lipinski definition) is 4. The summed E-state index contributed by atoms with van der Waals surface area (Å²) in [5.74, 6) is -0.252. The van der Waals surface area contributed by atoms with E-state index in [1.54, 1.807) is 17.6 Å². The van der Waals surface area contributed by atoms with Gasteiger partial charge < -0.3 is 5.73 Å². The number of hydroxylamine groups is 1. The smallest absolute Gasteiger partial charge is 0.294 e. The summed E-state index contributed by atoms with van der Waals surface area (Å²) in [5, 5.41) is 25.5. The number of hydrogen-bond acceptors (Lipinski definition) is 7. The van der Waals surface area contributed by atoms with E-state index >= 15 is 0 Å². The number of nitro benzene ring substituents is 1. The molecule has 27 heavy (non-hydrogen) atoms. The molecule has 2 aromatic carbocycles. The van der Waals surface area contributed by atoms with E-state index in [4.69, 9.17) is 15.5 Å². The first-order valence-electron chi connectivity index (χ1n) is 7.18. The summed E-state index contributed by atoms with van der Waals surface area (Å²) in [6.07, 6.45) is 1.34. The molecule has 5 N–H and O–H groups in total. The van der Waals surface area contributed by atoms with Gasteiger partial charge in [0.2, 0.25) is 5.96 Å². The van der Waals surface area contributed by atoms with E-state index < -0.39 is 15.0 Å². The van der Waals surface area contributed by atoms with Crippen molar-refractivity contribution in [2.75, 3.05) is 0 Å². The molecule has 0 fully saturated rings. The Morgan fingerprint density at radius 2 is 1.74 bits per heavy atom. The third-order valence-electron chi connectivity index (χ3n) is 2.91. The van der Waals surface area contributed by atoms with Crippen molar-refractivity contribution in [3.8, 4) is 0 Å². The highest BCUT2D eigenvalue weighted by Crippen LogP contribution is 2.10. The minimum atomic E-state index is -4.02. The van der Waals surface area contributed by atoms with Crippen molar-refractivity contribution in [2.24, 2.45) is 15.9 Å². The number of guanidine groups is 1. The molecule has 0 bridgehead atoms. The van der Waals surface area contributed by atoms with E-state index in [9.17, 15) is 18.5 Å². The summed E-state index contributed by atoms with van der Waals surface area (Å²) in [5.41, 5.74) is 8.27. The summed E-state index contributed by atoms with van der Waals surface area (Å²) >= 11 is 0. The Morgan fingerprint density at radius 3 is 2.19 bits per heavy atom. The minimum absolute atomic E-state index is 0.00260. The van der Waals surface area contributed by atoms with Gasteiger partial charge in [-0.25, -0.2) is 5.48 Å². The van der Waals surface area contributed by atoms with Crippen LogP contribution in [0.3, 0.4) is 0 Å². The summed E-state index contributed by atoms with van der Waals surface area (Å²) in [4.78, 5) is 9.79. The zero-order chi connectivity index (χ0) is 20.4. The summed E-state index contributed by atoms with van der Waals surface area (Å²) in [6.45, 7) is 1.84. The topological polar surface area (TPSA) is 181 Å². The van der Waals surface area contributed by atoms with E-state index in [2.05, 4.69) is 10.2 Å². The predicted molar refractivity (Wildman–Crippen MR) is 98.2 cm³/mol. The minimum Gasteiger partial charge on any atom is -0.367 e. The number of nitrogens with one attached hydrogen (secondary N) is 1. The van der Waals surface area contributed by atoms with Crippen molar-refractivity contribution in [1.82, 2.24) is 5.48 Å². The van der Waals surface area contributed by atoms with Gasteiger partial charge in [-0.2, -0.15) is 13.5 Å². The highest BCUT2D eigenvalue weighted by Gasteiger charge is 2.06. The van der Waals surface area contributed by atoms with E-state index in [-0.39, 0.29) is 16.5 Å². The van der Waals surface area contributed by atoms with Gasteiger partial charge in [-0.3, -0.25) is 19.9 Å². The largest absolute Gasteiger partial charge is 0.367 e. The van der Waals surface area contributed by atoms with Crippen molar-refractivity contribution in [3.63, 3.8) is 0 Å². The molecule has 0 radical (unpaired) electrons. The first kappa shape index (κ1) is 21.7. The van der Waals surface area contributed by atoms with Crippen molar-refractivity contribution < 1.29 is 23.1 Å². The highest BCUT2D eigenvalue weighted by atomic mass is 32.2. The molecule has 0 amide bonds. The van der Waals surface area contributed by atoms with Crippen molar-refractivity contribution in [1.29, 1.82) is 0 Å². The van der Waals surface area contributed by atoms with Crippen LogP contribution in [0.25, 0.3) is 0 Å².